The summed E-state index contributed by atoms with van der Waals surface area (Å²) in [7, 11) is 3.38. The Labute approximate surface area is 196 Å². The van der Waals surface area contributed by atoms with Gasteiger partial charge in [-0.15, -0.1) is 0 Å². The Kier molecular flexibility index (Phi) is 5.62. The second-order valence-electron chi connectivity index (χ2n) is 9.19. The summed E-state index contributed by atoms with van der Waals surface area (Å²) in [5, 5.41) is 15.4. The van der Waals surface area contributed by atoms with Crippen molar-refractivity contribution in [2.45, 2.75) is 57.4 Å². The minimum atomic E-state index is -1.82. The molecule has 0 saturated carbocycles. The molecule has 0 radical (unpaired) electrons. The fourth-order valence-electron chi connectivity index (χ4n) is 5.60. The molecular formula is C26H28FN3O4. The zero-order valence-corrected chi connectivity index (χ0v) is 19.6. The third-order valence-corrected chi connectivity index (χ3v) is 7.36. The molecule has 34 heavy (non-hydrogen) atoms. The van der Waals surface area contributed by atoms with Crippen LogP contribution in [0, 0.1) is 5.82 Å². The normalized spacial score (nSPS) is 18.3. The maximum atomic E-state index is 14.5. The van der Waals surface area contributed by atoms with Gasteiger partial charge in [0.05, 0.1) is 30.1 Å². The highest BCUT2D eigenvalue weighted by Gasteiger charge is 2.36. The van der Waals surface area contributed by atoms with E-state index in [1.54, 1.807) is 23.6 Å². The van der Waals surface area contributed by atoms with Gasteiger partial charge in [0.25, 0.3) is 5.56 Å². The van der Waals surface area contributed by atoms with E-state index in [0.29, 0.717) is 29.7 Å². The number of nitrogens with zero attached hydrogens (tertiary/aromatic N) is 2. The number of fused-ring (bicyclic) bond motifs is 4. The number of rotatable bonds is 6. The molecule has 0 spiro atoms. The van der Waals surface area contributed by atoms with E-state index in [4.69, 9.17) is 9.72 Å². The van der Waals surface area contributed by atoms with Crippen LogP contribution in [0.1, 0.15) is 60.0 Å². The summed E-state index contributed by atoms with van der Waals surface area (Å²) in [5.41, 5.74) is 2.91. The van der Waals surface area contributed by atoms with Crippen molar-refractivity contribution in [1.82, 2.24) is 14.9 Å². The Morgan fingerprint density at radius 3 is 2.85 bits per heavy atom. The summed E-state index contributed by atoms with van der Waals surface area (Å²) in [6.45, 7) is 1.97. The highest BCUT2D eigenvalue weighted by atomic mass is 19.1. The molecule has 2 aromatic heterocycles. The Morgan fingerprint density at radius 1 is 1.38 bits per heavy atom. The first-order valence-corrected chi connectivity index (χ1v) is 11.6. The molecule has 3 heterocycles. The van der Waals surface area contributed by atoms with E-state index in [2.05, 4.69) is 5.32 Å². The number of carbonyl (C=O) groups excluding carboxylic acids is 1. The Bertz CT molecular complexity index is 1380. The largest absolute Gasteiger partial charge is 0.380 e. The van der Waals surface area contributed by atoms with Gasteiger partial charge in [0.1, 0.15) is 11.4 Å². The zero-order chi connectivity index (χ0) is 24.2. The lowest BCUT2D eigenvalue weighted by molar-refractivity contribution is -0.125. The van der Waals surface area contributed by atoms with Crippen molar-refractivity contribution >= 4 is 17.2 Å². The van der Waals surface area contributed by atoms with Crippen LogP contribution in [0.3, 0.4) is 0 Å². The molecule has 7 nitrogen and oxygen atoms in total. The van der Waals surface area contributed by atoms with Gasteiger partial charge in [0.15, 0.2) is 6.29 Å². The molecule has 0 saturated heterocycles. The second-order valence-corrected chi connectivity index (χ2v) is 9.19. The fourth-order valence-corrected chi connectivity index (χ4v) is 5.60. The highest BCUT2D eigenvalue weighted by molar-refractivity contribution is 5.91. The molecule has 0 amide bonds. The number of hydrogen-bond acceptors (Lipinski definition) is 6. The molecule has 2 aliphatic rings. The number of ether oxygens (including phenoxy) is 1. The van der Waals surface area contributed by atoms with Crippen LogP contribution in [0.15, 0.2) is 23.0 Å². The number of aryl methyl sites for hydroxylation is 1. The Balaban J connectivity index is 1.87. The van der Waals surface area contributed by atoms with E-state index in [-0.39, 0.29) is 41.6 Å². The van der Waals surface area contributed by atoms with Crippen molar-refractivity contribution in [3.63, 3.8) is 0 Å². The molecule has 1 aliphatic heterocycles. The van der Waals surface area contributed by atoms with Crippen molar-refractivity contribution in [2.75, 3.05) is 14.2 Å². The summed E-state index contributed by atoms with van der Waals surface area (Å²) in [4.78, 5) is 30.3. The van der Waals surface area contributed by atoms with Crippen LogP contribution in [0.2, 0.25) is 0 Å². The first kappa shape index (κ1) is 22.8. The molecule has 2 N–H and O–H groups in total. The summed E-state index contributed by atoms with van der Waals surface area (Å²) >= 11 is 0. The average Bonchev–Trinajstić information content (AvgIpc) is 3.09. The smallest absolute Gasteiger partial charge is 0.257 e. The lowest BCUT2D eigenvalue weighted by Crippen LogP contribution is -2.34. The van der Waals surface area contributed by atoms with Gasteiger partial charge < -0.3 is 19.7 Å². The van der Waals surface area contributed by atoms with Gasteiger partial charge in [-0.25, -0.2) is 9.37 Å². The molecule has 1 unspecified atom stereocenters. The van der Waals surface area contributed by atoms with Crippen LogP contribution in [-0.2, 0) is 34.7 Å². The number of hydrogen-bond donors (Lipinski definition) is 2. The van der Waals surface area contributed by atoms with E-state index in [1.807, 2.05) is 7.05 Å². The van der Waals surface area contributed by atoms with Crippen LogP contribution in [0.4, 0.5) is 4.39 Å². The summed E-state index contributed by atoms with van der Waals surface area (Å²) in [6, 6.07) is 4.74. The maximum absolute atomic E-state index is 14.5. The molecule has 1 aromatic carbocycles. The van der Waals surface area contributed by atoms with Crippen LogP contribution in [0.5, 0.6) is 0 Å². The maximum Gasteiger partial charge on any atom is 0.257 e. The molecule has 8 heteroatoms. The van der Waals surface area contributed by atoms with Crippen LogP contribution in [-0.4, -0.2) is 35.1 Å². The number of pyridine rings is 2. The predicted octanol–water partition coefficient (Wildman–Crippen LogP) is 3.10. The molecule has 5 rings (SSSR count). The van der Waals surface area contributed by atoms with Gasteiger partial charge in [-0.2, -0.15) is 0 Å². The van der Waals surface area contributed by atoms with Crippen molar-refractivity contribution in [2.24, 2.45) is 0 Å². The number of nitrogens with one attached hydrogen (secondary N) is 1. The van der Waals surface area contributed by atoms with Gasteiger partial charge in [-0.3, -0.25) is 9.59 Å². The van der Waals surface area contributed by atoms with Crippen molar-refractivity contribution in [1.29, 1.82) is 0 Å². The minimum Gasteiger partial charge on any atom is -0.380 e. The Hall–Kier alpha value is -2.94. The first-order valence-electron chi connectivity index (χ1n) is 11.6. The van der Waals surface area contributed by atoms with Gasteiger partial charge in [0, 0.05) is 41.3 Å². The molecule has 1 aliphatic carbocycles. The van der Waals surface area contributed by atoms with E-state index >= 15 is 0 Å². The topological polar surface area (TPSA) is 93.5 Å². The first-order chi connectivity index (χ1) is 16.4. The third kappa shape index (κ3) is 3.24. The number of aromatic nitrogens is 2. The monoisotopic (exact) mass is 465 g/mol. The molecule has 0 fully saturated rings. The fraction of sp³-hybridized carbons (Fsp3) is 0.423. The lowest BCUT2D eigenvalue weighted by Gasteiger charge is -2.24. The van der Waals surface area contributed by atoms with Crippen LogP contribution in [0.25, 0.3) is 22.3 Å². The standard InChI is InChI=1S/C26H28FN3O4/c1-4-26(33,13-31)18-10-21-24-16(11-30(21)25(32)17(18)12-34-3)23-19(28-2)7-5-6-14-8-15(27)9-20(29-24)22(14)23/h8-10,13,19,28,33H,4-7,11-12H2,1-3H3/t19?,26-/m1/s1. The number of methoxy groups -OCH3 is 1. The molecule has 2 atom stereocenters. The van der Waals surface area contributed by atoms with Crippen LogP contribution < -0.4 is 10.9 Å². The van der Waals surface area contributed by atoms with Crippen molar-refractivity contribution < 1.29 is 19.0 Å². The highest BCUT2D eigenvalue weighted by Crippen LogP contribution is 2.43. The van der Waals surface area contributed by atoms with Gasteiger partial charge >= 0.3 is 0 Å². The van der Waals surface area contributed by atoms with E-state index < -0.39 is 5.60 Å². The van der Waals surface area contributed by atoms with E-state index in [1.165, 1.54) is 13.2 Å². The van der Waals surface area contributed by atoms with Gasteiger partial charge in [-0.1, -0.05) is 6.92 Å². The number of benzene rings is 1. The zero-order valence-electron chi connectivity index (χ0n) is 19.6. The summed E-state index contributed by atoms with van der Waals surface area (Å²) < 4.78 is 21.4. The van der Waals surface area contributed by atoms with Crippen molar-refractivity contribution in [3.8, 4) is 11.4 Å². The predicted molar refractivity (Wildman–Crippen MR) is 126 cm³/mol. The SMILES string of the molecule is CC[C@@](O)(C=O)c1cc2n(c(=O)c1COC)Cc1c-2nc2cc(F)cc3c2c1C(NC)CCC3. The summed E-state index contributed by atoms with van der Waals surface area (Å²) in [5.74, 6) is -0.336. The van der Waals surface area contributed by atoms with E-state index in [0.717, 1.165) is 41.3 Å². The average molecular weight is 466 g/mol. The molecule has 0 bridgehead atoms. The number of aldehydes is 1. The lowest BCUT2D eigenvalue weighted by atomic mass is 9.88. The second kappa shape index (κ2) is 8.37. The summed E-state index contributed by atoms with van der Waals surface area (Å²) in [6.07, 6.45) is 3.12. The number of halogens is 1. The molecule has 3 aromatic rings. The number of carbonyl (C=O) groups is 1. The minimum absolute atomic E-state index is 0.0301. The number of aliphatic hydroxyl groups is 1. The molecule has 178 valence electrons. The Morgan fingerprint density at radius 2 is 2.18 bits per heavy atom. The van der Waals surface area contributed by atoms with Gasteiger partial charge in [-0.05, 0) is 56.0 Å². The quantitative estimate of drug-likeness (QED) is 0.425. The molecular weight excluding hydrogens is 437 g/mol. The third-order valence-electron chi connectivity index (χ3n) is 7.36. The van der Waals surface area contributed by atoms with Gasteiger partial charge in [0.2, 0.25) is 0 Å². The van der Waals surface area contributed by atoms with E-state index in [9.17, 15) is 19.1 Å². The van der Waals surface area contributed by atoms with Crippen molar-refractivity contribution in [3.05, 3.63) is 62.2 Å². The van der Waals surface area contributed by atoms with Crippen LogP contribution >= 0.6 is 0 Å².